The van der Waals surface area contributed by atoms with Crippen LogP contribution >= 0.6 is 11.3 Å². The molecule has 2 atom stereocenters. The van der Waals surface area contributed by atoms with Gasteiger partial charge in [-0.2, -0.15) is 0 Å². The van der Waals surface area contributed by atoms with Gasteiger partial charge >= 0.3 is 11.9 Å². The summed E-state index contributed by atoms with van der Waals surface area (Å²) in [6, 6.07) is 8.23. The van der Waals surface area contributed by atoms with Crippen molar-refractivity contribution in [1.29, 1.82) is 0 Å². The SMILES string of the molecule is CCOC(=O)C(Cc1csc(-c2ccccc2)n1)N[C@@H](CC(C)C)C(=O)O. The molecule has 1 unspecified atom stereocenters. The highest BCUT2D eigenvalue weighted by atomic mass is 32.1. The van der Waals surface area contributed by atoms with Gasteiger partial charge < -0.3 is 9.84 Å². The topological polar surface area (TPSA) is 88.5 Å². The summed E-state index contributed by atoms with van der Waals surface area (Å²) >= 11 is 1.50. The number of hydrogen-bond donors (Lipinski definition) is 2. The summed E-state index contributed by atoms with van der Waals surface area (Å²) < 4.78 is 5.13. The molecule has 1 aromatic carbocycles. The Balaban J connectivity index is 2.16. The van der Waals surface area contributed by atoms with E-state index in [1.807, 2.05) is 49.6 Å². The smallest absolute Gasteiger partial charge is 0.323 e. The number of rotatable bonds is 10. The minimum absolute atomic E-state index is 0.186. The Labute approximate surface area is 163 Å². The highest BCUT2D eigenvalue weighted by Gasteiger charge is 2.28. The first-order valence-corrected chi connectivity index (χ1v) is 9.94. The number of aliphatic carboxylic acids is 1. The van der Waals surface area contributed by atoms with Crippen molar-refractivity contribution in [2.45, 2.75) is 45.7 Å². The van der Waals surface area contributed by atoms with Crippen LogP contribution in [0.2, 0.25) is 0 Å². The molecule has 0 saturated heterocycles. The molecule has 2 rings (SSSR count). The number of hydrogen-bond acceptors (Lipinski definition) is 6. The largest absolute Gasteiger partial charge is 0.480 e. The molecule has 2 aromatic rings. The lowest BCUT2D eigenvalue weighted by Crippen LogP contribution is -2.49. The predicted octanol–water partition coefficient (Wildman–Crippen LogP) is 3.37. The fourth-order valence-electron chi connectivity index (χ4n) is 2.73. The minimum atomic E-state index is -0.971. The number of ether oxygens (including phenoxy) is 1. The van der Waals surface area contributed by atoms with Gasteiger partial charge in [0, 0.05) is 17.4 Å². The zero-order chi connectivity index (χ0) is 19.8. The van der Waals surface area contributed by atoms with E-state index in [2.05, 4.69) is 10.3 Å². The Morgan fingerprint density at radius 1 is 1.22 bits per heavy atom. The number of thiazole rings is 1. The quantitative estimate of drug-likeness (QED) is 0.605. The number of carbonyl (C=O) groups excluding carboxylic acids is 1. The number of carboxylic acid groups (broad SMARTS) is 1. The molecular weight excluding hydrogens is 364 g/mol. The van der Waals surface area contributed by atoms with Gasteiger partial charge in [0.2, 0.25) is 0 Å². The second-order valence-corrected chi connectivity index (χ2v) is 7.56. The van der Waals surface area contributed by atoms with Crippen molar-refractivity contribution in [2.75, 3.05) is 6.61 Å². The molecule has 0 spiro atoms. The predicted molar refractivity (Wildman–Crippen MR) is 106 cm³/mol. The summed E-state index contributed by atoms with van der Waals surface area (Å²) in [5, 5.41) is 15.2. The van der Waals surface area contributed by atoms with Crippen LogP contribution in [0.5, 0.6) is 0 Å². The summed E-state index contributed by atoms with van der Waals surface area (Å²) in [6.45, 7) is 5.87. The van der Waals surface area contributed by atoms with Crippen LogP contribution in [-0.4, -0.2) is 40.7 Å². The molecule has 0 aliphatic carbocycles. The number of nitrogens with zero attached hydrogens (tertiary/aromatic N) is 1. The van der Waals surface area contributed by atoms with Crippen LogP contribution in [0.25, 0.3) is 10.6 Å². The lowest BCUT2D eigenvalue weighted by atomic mass is 10.0. The van der Waals surface area contributed by atoms with Crippen LogP contribution in [0.1, 0.15) is 32.9 Å². The van der Waals surface area contributed by atoms with Gasteiger partial charge in [0.05, 0.1) is 12.3 Å². The van der Waals surface area contributed by atoms with Gasteiger partial charge in [0.1, 0.15) is 17.1 Å². The summed E-state index contributed by atoms with van der Waals surface area (Å²) in [7, 11) is 0. The lowest BCUT2D eigenvalue weighted by molar-refractivity contribution is -0.147. The zero-order valence-corrected chi connectivity index (χ0v) is 16.7. The molecule has 2 N–H and O–H groups in total. The Morgan fingerprint density at radius 3 is 2.52 bits per heavy atom. The zero-order valence-electron chi connectivity index (χ0n) is 15.8. The first kappa shape index (κ1) is 21.1. The van der Waals surface area contributed by atoms with E-state index in [9.17, 15) is 14.7 Å². The van der Waals surface area contributed by atoms with E-state index < -0.39 is 24.0 Å². The molecule has 7 heteroatoms. The van der Waals surface area contributed by atoms with Crippen molar-refractivity contribution in [3.8, 4) is 10.6 Å². The molecule has 0 fully saturated rings. The van der Waals surface area contributed by atoms with Crippen molar-refractivity contribution in [3.05, 3.63) is 41.4 Å². The standard InChI is InChI=1S/C20H26N2O4S/c1-4-26-20(25)17(22-16(19(23)24)10-13(2)3)11-15-12-27-18(21-15)14-8-6-5-7-9-14/h5-9,12-13,16-17,22H,4,10-11H2,1-3H3,(H,23,24)/t16-,17?/m0/s1. The molecule has 6 nitrogen and oxygen atoms in total. The van der Waals surface area contributed by atoms with Crippen molar-refractivity contribution < 1.29 is 19.4 Å². The van der Waals surface area contributed by atoms with Crippen molar-refractivity contribution in [2.24, 2.45) is 5.92 Å². The maximum atomic E-state index is 12.4. The lowest BCUT2D eigenvalue weighted by Gasteiger charge is -2.22. The van der Waals surface area contributed by atoms with Crippen LogP contribution in [0.3, 0.4) is 0 Å². The minimum Gasteiger partial charge on any atom is -0.480 e. The van der Waals surface area contributed by atoms with Crippen LogP contribution in [0.4, 0.5) is 0 Å². The highest BCUT2D eigenvalue weighted by Crippen LogP contribution is 2.24. The summed E-state index contributed by atoms with van der Waals surface area (Å²) in [4.78, 5) is 28.5. The summed E-state index contributed by atoms with van der Waals surface area (Å²) in [5.74, 6) is -1.24. The molecule has 0 saturated carbocycles. The first-order chi connectivity index (χ1) is 12.9. The average molecular weight is 391 g/mol. The van der Waals surface area contributed by atoms with E-state index in [1.165, 1.54) is 11.3 Å². The number of benzene rings is 1. The third-order valence-corrected chi connectivity index (χ3v) is 4.90. The summed E-state index contributed by atoms with van der Waals surface area (Å²) in [6.07, 6.45) is 0.710. The number of aromatic nitrogens is 1. The van der Waals surface area contributed by atoms with Gasteiger partial charge in [0.15, 0.2) is 0 Å². The highest BCUT2D eigenvalue weighted by molar-refractivity contribution is 7.13. The van der Waals surface area contributed by atoms with Crippen LogP contribution < -0.4 is 5.32 Å². The third kappa shape index (κ3) is 6.45. The van der Waals surface area contributed by atoms with Crippen LogP contribution in [-0.2, 0) is 20.7 Å². The van der Waals surface area contributed by atoms with Crippen molar-refractivity contribution >= 4 is 23.3 Å². The van der Waals surface area contributed by atoms with Crippen molar-refractivity contribution in [1.82, 2.24) is 10.3 Å². The van der Waals surface area contributed by atoms with Crippen LogP contribution in [0, 0.1) is 5.92 Å². The monoisotopic (exact) mass is 390 g/mol. The second-order valence-electron chi connectivity index (χ2n) is 6.71. The Kier molecular flexibility index (Phi) is 7.94. The second kappa shape index (κ2) is 10.2. The van der Waals surface area contributed by atoms with Gasteiger partial charge in [-0.25, -0.2) is 4.98 Å². The Morgan fingerprint density at radius 2 is 1.93 bits per heavy atom. The average Bonchev–Trinajstić information content (AvgIpc) is 3.09. The molecule has 1 heterocycles. The van der Waals surface area contributed by atoms with E-state index >= 15 is 0 Å². The third-order valence-electron chi connectivity index (χ3n) is 3.96. The molecule has 1 aromatic heterocycles. The Hall–Kier alpha value is -2.25. The normalized spacial score (nSPS) is 13.3. The van der Waals surface area contributed by atoms with E-state index in [1.54, 1.807) is 6.92 Å². The molecule has 146 valence electrons. The molecule has 0 radical (unpaired) electrons. The van der Waals surface area contributed by atoms with E-state index in [4.69, 9.17) is 4.74 Å². The fourth-order valence-corrected chi connectivity index (χ4v) is 3.57. The molecule has 0 amide bonds. The number of carbonyl (C=O) groups is 2. The van der Waals surface area contributed by atoms with Gasteiger partial charge in [-0.15, -0.1) is 11.3 Å². The van der Waals surface area contributed by atoms with E-state index in [0.29, 0.717) is 6.42 Å². The molecule has 0 bridgehead atoms. The maximum absolute atomic E-state index is 12.4. The van der Waals surface area contributed by atoms with Gasteiger partial charge in [-0.1, -0.05) is 44.2 Å². The fraction of sp³-hybridized carbons (Fsp3) is 0.450. The van der Waals surface area contributed by atoms with Gasteiger partial charge in [-0.3, -0.25) is 14.9 Å². The summed E-state index contributed by atoms with van der Waals surface area (Å²) in [5.41, 5.74) is 1.75. The maximum Gasteiger partial charge on any atom is 0.323 e. The number of esters is 1. The molecular formula is C20H26N2O4S. The van der Waals surface area contributed by atoms with Gasteiger partial charge in [-0.05, 0) is 19.3 Å². The van der Waals surface area contributed by atoms with E-state index in [-0.39, 0.29) is 18.9 Å². The van der Waals surface area contributed by atoms with E-state index in [0.717, 1.165) is 16.3 Å². The molecule has 0 aliphatic rings. The number of nitrogens with one attached hydrogen (secondary N) is 1. The van der Waals surface area contributed by atoms with Gasteiger partial charge in [0.25, 0.3) is 0 Å². The first-order valence-electron chi connectivity index (χ1n) is 9.06. The van der Waals surface area contributed by atoms with Crippen LogP contribution in [0.15, 0.2) is 35.7 Å². The molecule has 0 aliphatic heterocycles. The van der Waals surface area contributed by atoms with Crippen molar-refractivity contribution in [3.63, 3.8) is 0 Å². The molecule has 27 heavy (non-hydrogen) atoms. The number of carboxylic acids is 1. The Bertz CT molecular complexity index is 745.